The summed E-state index contributed by atoms with van der Waals surface area (Å²) in [5.41, 5.74) is 3.40. The second-order valence-corrected chi connectivity index (χ2v) is 6.90. The molecule has 0 aliphatic carbocycles. The van der Waals surface area contributed by atoms with Crippen molar-refractivity contribution in [3.63, 3.8) is 0 Å². The maximum Gasteiger partial charge on any atom is 0.234 e. The standard InChI is InChI=1S/C21H24N2O5/c1-25-18-8-15-5-6-23(11-16(15)9-19(18)26-2)12-21(24)22-10-14-3-4-17-20(7-14)28-13-27-17/h3-4,7-9H,5-6,10-13H2,1-2H3,(H,22,24). The fourth-order valence-electron chi connectivity index (χ4n) is 3.59. The zero-order chi connectivity index (χ0) is 19.5. The van der Waals surface area contributed by atoms with Crippen molar-refractivity contribution in [1.82, 2.24) is 10.2 Å². The first-order valence-electron chi connectivity index (χ1n) is 9.27. The molecule has 0 saturated heterocycles. The summed E-state index contributed by atoms with van der Waals surface area (Å²) < 4.78 is 21.5. The Labute approximate surface area is 164 Å². The van der Waals surface area contributed by atoms with E-state index in [9.17, 15) is 4.79 Å². The van der Waals surface area contributed by atoms with E-state index in [0.29, 0.717) is 19.6 Å². The second kappa shape index (κ2) is 7.98. The highest BCUT2D eigenvalue weighted by Crippen LogP contribution is 2.33. The lowest BCUT2D eigenvalue weighted by Gasteiger charge is -2.29. The van der Waals surface area contributed by atoms with E-state index in [1.807, 2.05) is 30.3 Å². The predicted molar refractivity (Wildman–Crippen MR) is 103 cm³/mol. The maximum absolute atomic E-state index is 12.4. The summed E-state index contributed by atoms with van der Waals surface area (Å²) in [6.45, 7) is 2.62. The third-order valence-electron chi connectivity index (χ3n) is 5.09. The van der Waals surface area contributed by atoms with Crippen LogP contribution in [-0.2, 0) is 24.3 Å². The van der Waals surface area contributed by atoms with E-state index in [0.717, 1.165) is 41.5 Å². The number of ether oxygens (including phenoxy) is 4. The van der Waals surface area contributed by atoms with E-state index >= 15 is 0 Å². The molecule has 0 saturated carbocycles. The quantitative estimate of drug-likeness (QED) is 0.823. The van der Waals surface area contributed by atoms with Gasteiger partial charge in [-0.1, -0.05) is 6.07 Å². The van der Waals surface area contributed by atoms with Gasteiger partial charge < -0.3 is 24.3 Å². The van der Waals surface area contributed by atoms with Crippen molar-refractivity contribution < 1.29 is 23.7 Å². The molecule has 2 heterocycles. The van der Waals surface area contributed by atoms with Crippen LogP contribution >= 0.6 is 0 Å². The van der Waals surface area contributed by atoms with Crippen LogP contribution in [0.5, 0.6) is 23.0 Å². The van der Waals surface area contributed by atoms with Crippen LogP contribution in [0.2, 0.25) is 0 Å². The van der Waals surface area contributed by atoms with E-state index in [-0.39, 0.29) is 12.7 Å². The van der Waals surface area contributed by atoms with Gasteiger partial charge in [0.25, 0.3) is 0 Å². The van der Waals surface area contributed by atoms with Gasteiger partial charge in [-0.15, -0.1) is 0 Å². The van der Waals surface area contributed by atoms with Crippen LogP contribution in [0.3, 0.4) is 0 Å². The average Bonchev–Trinajstić information content (AvgIpc) is 3.19. The SMILES string of the molecule is COc1cc2c(cc1OC)CN(CC(=O)NCc1ccc3c(c1)OCO3)CC2. The number of methoxy groups -OCH3 is 2. The second-order valence-electron chi connectivity index (χ2n) is 6.90. The fraction of sp³-hybridized carbons (Fsp3) is 0.381. The molecule has 2 aliphatic heterocycles. The van der Waals surface area contributed by atoms with E-state index < -0.39 is 0 Å². The molecule has 0 aromatic heterocycles. The highest BCUT2D eigenvalue weighted by molar-refractivity contribution is 5.78. The van der Waals surface area contributed by atoms with Gasteiger partial charge in [0.1, 0.15) is 0 Å². The Morgan fingerprint density at radius 2 is 1.82 bits per heavy atom. The van der Waals surface area contributed by atoms with Crippen molar-refractivity contribution in [3.05, 3.63) is 47.0 Å². The van der Waals surface area contributed by atoms with Crippen LogP contribution in [-0.4, -0.2) is 44.9 Å². The molecule has 7 heteroatoms. The molecule has 148 valence electrons. The number of rotatable bonds is 6. The number of fused-ring (bicyclic) bond motifs is 2. The van der Waals surface area contributed by atoms with Crippen molar-refractivity contribution in [2.75, 3.05) is 34.1 Å². The summed E-state index contributed by atoms with van der Waals surface area (Å²) in [6, 6.07) is 9.74. The number of carbonyl (C=O) groups excluding carboxylic acids is 1. The van der Waals surface area contributed by atoms with Gasteiger partial charge in [0.15, 0.2) is 23.0 Å². The molecule has 28 heavy (non-hydrogen) atoms. The molecular weight excluding hydrogens is 360 g/mol. The minimum atomic E-state index is 0.00148. The summed E-state index contributed by atoms with van der Waals surface area (Å²) in [5, 5.41) is 2.98. The van der Waals surface area contributed by atoms with Gasteiger partial charge in [0.2, 0.25) is 12.7 Å². The van der Waals surface area contributed by atoms with Gasteiger partial charge >= 0.3 is 0 Å². The molecule has 0 radical (unpaired) electrons. The molecule has 1 amide bonds. The van der Waals surface area contributed by atoms with E-state index in [4.69, 9.17) is 18.9 Å². The first-order valence-corrected chi connectivity index (χ1v) is 9.27. The smallest absolute Gasteiger partial charge is 0.234 e. The number of amides is 1. The Morgan fingerprint density at radius 3 is 2.61 bits per heavy atom. The number of hydrogen-bond acceptors (Lipinski definition) is 6. The molecule has 0 spiro atoms. The third-order valence-corrected chi connectivity index (χ3v) is 5.09. The first-order chi connectivity index (χ1) is 13.7. The summed E-state index contributed by atoms with van der Waals surface area (Å²) in [4.78, 5) is 14.5. The summed E-state index contributed by atoms with van der Waals surface area (Å²) in [5.74, 6) is 2.94. The van der Waals surface area contributed by atoms with Crippen molar-refractivity contribution in [2.24, 2.45) is 0 Å². The van der Waals surface area contributed by atoms with Gasteiger partial charge in [0, 0.05) is 19.6 Å². The molecule has 4 rings (SSSR count). The lowest BCUT2D eigenvalue weighted by molar-refractivity contribution is -0.122. The summed E-state index contributed by atoms with van der Waals surface area (Å²) in [7, 11) is 3.28. The topological polar surface area (TPSA) is 69.3 Å². The summed E-state index contributed by atoms with van der Waals surface area (Å²) >= 11 is 0. The Morgan fingerprint density at radius 1 is 1.07 bits per heavy atom. The first kappa shape index (κ1) is 18.4. The van der Waals surface area contributed by atoms with Crippen molar-refractivity contribution in [3.8, 4) is 23.0 Å². The zero-order valence-electron chi connectivity index (χ0n) is 16.1. The highest BCUT2D eigenvalue weighted by Gasteiger charge is 2.21. The van der Waals surface area contributed by atoms with Gasteiger partial charge in [-0.2, -0.15) is 0 Å². The molecule has 7 nitrogen and oxygen atoms in total. The molecule has 2 aliphatic rings. The molecule has 2 aromatic rings. The van der Waals surface area contributed by atoms with Crippen LogP contribution < -0.4 is 24.3 Å². The fourth-order valence-corrected chi connectivity index (χ4v) is 3.59. The number of hydrogen-bond donors (Lipinski definition) is 1. The average molecular weight is 384 g/mol. The third kappa shape index (κ3) is 3.84. The molecule has 0 fully saturated rings. The van der Waals surface area contributed by atoms with Crippen LogP contribution in [0.15, 0.2) is 30.3 Å². The summed E-state index contributed by atoms with van der Waals surface area (Å²) in [6.07, 6.45) is 0.880. The van der Waals surface area contributed by atoms with E-state index in [2.05, 4.69) is 10.2 Å². The molecular formula is C21H24N2O5. The largest absolute Gasteiger partial charge is 0.493 e. The highest BCUT2D eigenvalue weighted by atomic mass is 16.7. The normalized spacial score (nSPS) is 15.1. The lowest BCUT2D eigenvalue weighted by atomic mass is 9.99. The van der Waals surface area contributed by atoms with Gasteiger partial charge in [-0.25, -0.2) is 0 Å². The van der Waals surface area contributed by atoms with Crippen molar-refractivity contribution in [1.29, 1.82) is 0 Å². The van der Waals surface area contributed by atoms with Crippen molar-refractivity contribution >= 4 is 5.91 Å². The molecule has 0 unspecified atom stereocenters. The van der Waals surface area contributed by atoms with Gasteiger partial charge in [-0.05, 0) is 47.4 Å². The van der Waals surface area contributed by atoms with Crippen LogP contribution in [0.1, 0.15) is 16.7 Å². The van der Waals surface area contributed by atoms with E-state index in [1.165, 1.54) is 11.1 Å². The monoisotopic (exact) mass is 384 g/mol. The zero-order valence-corrected chi connectivity index (χ0v) is 16.1. The lowest BCUT2D eigenvalue weighted by Crippen LogP contribution is -2.39. The van der Waals surface area contributed by atoms with Gasteiger partial charge in [0.05, 0.1) is 20.8 Å². The number of nitrogens with one attached hydrogen (secondary N) is 1. The molecule has 2 aromatic carbocycles. The molecule has 1 N–H and O–H groups in total. The Bertz CT molecular complexity index is 883. The molecule has 0 atom stereocenters. The van der Waals surface area contributed by atoms with Crippen LogP contribution in [0, 0.1) is 0 Å². The maximum atomic E-state index is 12.4. The van der Waals surface area contributed by atoms with Crippen LogP contribution in [0.25, 0.3) is 0 Å². The minimum Gasteiger partial charge on any atom is -0.493 e. The minimum absolute atomic E-state index is 0.00148. The number of nitrogens with zero attached hydrogens (tertiary/aromatic N) is 1. The Hall–Kier alpha value is -2.93. The van der Waals surface area contributed by atoms with Gasteiger partial charge in [-0.3, -0.25) is 9.69 Å². The number of benzene rings is 2. The van der Waals surface area contributed by atoms with Crippen molar-refractivity contribution in [2.45, 2.75) is 19.5 Å². The molecule has 0 bridgehead atoms. The van der Waals surface area contributed by atoms with E-state index in [1.54, 1.807) is 14.2 Å². The van der Waals surface area contributed by atoms with Crippen LogP contribution in [0.4, 0.5) is 0 Å². The Balaban J connectivity index is 1.33. The number of carbonyl (C=O) groups is 1. The Kier molecular flexibility index (Phi) is 5.25. The predicted octanol–water partition coefficient (Wildman–Crippen LogP) is 2.11.